The summed E-state index contributed by atoms with van der Waals surface area (Å²) in [7, 11) is 0. The van der Waals surface area contributed by atoms with Crippen molar-refractivity contribution in [2.45, 2.75) is 63.2 Å². The van der Waals surface area contributed by atoms with E-state index >= 15 is 0 Å². The Kier molecular flexibility index (Phi) is 9.50. The first-order chi connectivity index (χ1) is 20.3. The van der Waals surface area contributed by atoms with Crippen LogP contribution in [-0.4, -0.2) is 43.4 Å². The fourth-order valence-corrected chi connectivity index (χ4v) is 5.35. The van der Waals surface area contributed by atoms with Crippen LogP contribution in [0.1, 0.15) is 22.3 Å². The average molecular weight is 553 g/mol. The molecule has 6 heteroatoms. The van der Waals surface area contributed by atoms with Gasteiger partial charge < -0.3 is 28.4 Å². The lowest BCUT2D eigenvalue weighted by Gasteiger charge is -2.40. The van der Waals surface area contributed by atoms with Gasteiger partial charge in [0.25, 0.3) is 0 Å². The van der Waals surface area contributed by atoms with Crippen molar-refractivity contribution in [1.82, 2.24) is 0 Å². The zero-order valence-corrected chi connectivity index (χ0v) is 23.0. The van der Waals surface area contributed by atoms with E-state index < -0.39 is 24.6 Å². The maximum atomic E-state index is 6.62. The summed E-state index contributed by atoms with van der Waals surface area (Å²) in [6, 6.07) is 40.5. The summed E-state index contributed by atoms with van der Waals surface area (Å²) >= 11 is 0. The van der Waals surface area contributed by atoms with Crippen LogP contribution < -0.4 is 0 Å². The predicted molar refractivity (Wildman–Crippen MR) is 155 cm³/mol. The third-order valence-electron chi connectivity index (χ3n) is 7.46. The van der Waals surface area contributed by atoms with Crippen LogP contribution in [0.15, 0.2) is 121 Å². The van der Waals surface area contributed by atoms with E-state index in [9.17, 15) is 0 Å². The van der Waals surface area contributed by atoms with Gasteiger partial charge in [-0.1, -0.05) is 121 Å². The van der Waals surface area contributed by atoms with Crippen LogP contribution in [0.25, 0.3) is 0 Å². The average Bonchev–Trinajstić information content (AvgIpc) is 3.40. The van der Waals surface area contributed by atoms with Crippen molar-refractivity contribution in [2.75, 3.05) is 6.61 Å². The molecule has 6 atom stereocenters. The van der Waals surface area contributed by atoms with Gasteiger partial charge in [-0.2, -0.15) is 0 Å². The van der Waals surface area contributed by atoms with Crippen LogP contribution in [0, 0.1) is 0 Å². The standard InChI is InChI=1S/C35H36O6/c1-5-13-26(14-6-1)21-36-25-30-31-32(37-22-27-15-7-2-8-16-27)33(38-23-28-17-9-3-10-18-28)34(35(40-30)41-31)39-24-29-19-11-4-12-20-29/h1-20,30-35H,21-25H2/t30-,31-,32-,33+,34+,35-/m1/s1. The molecule has 0 N–H and O–H groups in total. The minimum atomic E-state index is -0.591. The molecule has 0 radical (unpaired) electrons. The largest absolute Gasteiger partial charge is 0.374 e. The van der Waals surface area contributed by atoms with E-state index in [2.05, 4.69) is 36.4 Å². The van der Waals surface area contributed by atoms with Gasteiger partial charge in [0, 0.05) is 0 Å². The Labute approximate surface area is 241 Å². The Morgan fingerprint density at radius 1 is 0.439 bits per heavy atom. The number of hydrogen-bond acceptors (Lipinski definition) is 6. The lowest BCUT2D eigenvalue weighted by Crippen LogP contribution is -2.57. The van der Waals surface area contributed by atoms with Gasteiger partial charge in [0.15, 0.2) is 6.29 Å². The van der Waals surface area contributed by atoms with Crippen molar-refractivity contribution >= 4 is 0 Å². The first-order valence-electron chi connectivity index (χ1n) is 14.2. The van der Waals surface area contributed by atoms with Crippen LogP contribution in [0.4, 0.5) is 0 Å². The van der Waals surface area contributed by atoms with E-state index in [0.717, 1.165) is 22.3 Å². The van der Waals surface area contributed by atoms with Gasteiger partial charge in [-0.15, -0.1) is 0 Å². The van der Waals surface area contributed by atoms with Crippen LogP contribution in [0.5, 0.6) is 0 Å². The molecule has 2 saturated heterocycles. The third kappa shape index (κ3) is 7.29. The summed E-state index contributed by atoms with van der Waals surface area (Å²) in [5, 5.41) is 0. The molecule has 4 aromatic carbocycles. The lowest BCUT2D eigenvalue weighted by molar-refractivity contribution is -0.268. The summed E-state index contributed by atoms with van der Waals surface area (Å²) in [4.78, 5) is 0. The molecule has 0 amide bonds. The Morgan fingerprint density at radius 2 is 0.854 bits per heavy atom. The Bertz CT molecular complexity index is 1300. The summed E-state index contributed by atoms with van der Waals surface area (Å²) < 4.78 is 38.8. The Morgan fingerprint density at radius 3 is 1.34 bits per heavy atom. The fraction of sp³-hybridized carbons (Fsp3) is 0.314. The molecule has 0 unspecified atom stereocenters. The molecule has 2 bridgehead atoms. The number of hydrogen-bond donors (Lipinski definition) is 0. The monoisotopic (exact) mass is 552 g/mol. The molecule has 2 aliphatic rings. The second-order valence-electron chi connectivity index (χ2n) is 10.4. The molecule has 0 spiro atoms. The van der Waals surface area contributed by atoms with Crippen molar-refractivity contribution in [2.24, 2.45) is 0 Å². The predicted octanol–water partition coefficient (Wildman–Crippen LogP) is 6.08. The molecule has 6 rings (SSSR count). The van der Waals surface area contributed by atoms with Gasteiger partial charge >= 0.3 is 0 Å². The highest BCUT2D eigenvalue weighted by molar-refractivity contribution is 5.16. The van der Waals surface area contributed by atoms with Crippen LogP contribution in [-0.2, 0) is 54.8 Å². The highest BCUT2D eigenvalue weighted by atomic mass is 16.8. The van der Waals surface area contributed by atoms with E-state index in [-0.39, 0.29) is 12.2 Å². The van der Waals surface area contributed by atoms with E-state index in [0.29, 0.717) is 33.0 Å². The molecule has 2 aliphatic heterocycles. The topological polar surface area (TPSA) is 55.4 Å². The molecular weight excluding hydrogens is 516 g/mol. The Balaban J connectivity index is 1.22. The second-order valence-corrected chi connectivity index (χ2v) is 10.4. The summed E-state index contributed by atoms with van der Waals surface area (Å²) in [5.74, 6) is 0. The molecule has 0 aromatic heterocycles. The first kappa shape index (κ1) is 27.8. The normalized spacial score (nSPS) is 25.3. The van der Waals surface area contributed by atoms with Crippen molar-refractivity contribution < 1.29 is 28.4 Å². The zero-order chi connectivity index (χ0) is 27.7. The molecule has 212 valence electrons. The molecule has 0 aliphatic carbocycles. The SMILES string of the molecule is c1ccc(COC[C@H]2O[C@@H]3O[C@H]2[C@@H](OCc2ccccc2)[C@H](OCc2ccccc2)[C@@H]3OCc2ccccc2)cc1. The maximum Gasteiger partial charge on any atom is 0.187 e. The Hall–Kier alpha value is -3.36. The zero-order valence-electron chi connectivity index (χ0n) is 23.0. The van der Waals surface area contributed by atoms with Crippen molar-refractivity contribution in [3.8, 4) is 0 Å². The molecule has 4 aromatic rings. The summed E-state index contributed by atoms with van der Waals surface area (Å²) in [6.07, 6.45) is -2.61. The third-order valence-corrected chi connectivity index (χ3v) is 7.46. The van der Waals surface area contributed by atoms with Crippen LogP contribution in [0.2, 0.25) is 0 Å². The highest BCUT2D eigenvalue weighted by Crippen LogP contribution is 2.38. The molecule has 6 nitrogen and oxygen atoms in total. The molecule has 41 heavy (non-hydrogen) atoms. The van der Waals surface area contributed by atoms with E-state index in [1.54, 1.807) is 0 Å². The number of ether oxygens (including phenoxy) is 6. The van der Waals surface area contributed by atoms with Gasteiger partial charge in [0.1, 0.15) is 30.5 Å². The molecule has 2 heterocycles. The highest BCUT2D eigenvalue weighted by Gasteiger charge is 2.57. The lowest BCUT2D eigenvalue weighted by atomic mass is 9.97. The second kappa shape index (κ2) is 14.0. The van der Waals surface area contributed by atoms with Gasteiger partial charge in [-0.05, 0) is 22.3 Å². The number of rotatable bonds is 13. The van der Waals surface area contributed by atoms with E-state index in [4.69, 9.17) is 28.4 Å². The fourth-order valence-electron chi connectivity index (χ4n) is 5.35. The number of fused-ring (bicyclic) bond motifs is 2. The molecule has 0 saturated carbocycles. The van der Waals surface area contributed by atoms with E-state index in [1.807, 2.05) is 84.9 Å². The number of benzene rings is 4. The van der Waals surface area contributed by atoms with Gasteiger partial charge in [0.05, 0.1) is 33.0 Å². The smallest absolute Gasteiger partial charge is 0.187 e. The van der Waals surface area contributed by atoms with E-state index in [1.165, 1.54) is 0 Å². The summed E-state index contributed by atoms with van der Waals surface area (Å²) in [6.45, 7) is 2.12. The van der Waals surface area contributed by atoms with Crippen molar-refractivity contribution in [1.29, 1.82) is 0 Å². The quantitative estimate of drug-likeness (QED) is 0.200. The van der Waals surface area contributed by atoms with Gasteiger partial charge in [0.2, 0.25) is 0 Å². The minimum Gasteiger partial charge on any atom is -0.374 e. The van der Waals surface area contributed by atoms with Crippen LogP contribution >= 0.6 is 0 Å². The maximum absolute atomic E-state index is 6.62. The first-order valence-corrected chi connectivity index (χ1v) is 14.2. The summed E-state index contributed by atoms with van der Waals surface area (Å²) in [5.41, 5.74) is 4.34. The van der Waals surface area contributed by atoms with Crippen LogP contribution in [0.3, 0.4) is 0 Å². The van der Waals surface area contributed by atoms with Gasteiger partial charge in [-0.3, -0.25) is 0 Å². The van der Waals surface area contributed by atoms with Gasteiger partial charge in [-0.25, -0.2) is 0 Å². The minimum absolute atomic E-state index is 0.322. The molecule has 2 fully saturated rings. The van der Waals surface area contributed by atoms with Crippen molar-refractivity contribution in [3.05, 3.63) is 144 Å². The van der Waals surface area contributed by atoms with Crippen molar-refractivity contribution in [3.63, 3.8) is 0 Å². The molecular formula is C35H36O6.